The number of imidazole rings is 1. The van der Waals surface area contributed by atoms with Gasteiger partial charge in [0.25, 0.3) is 0 Å². The second-order valence-corrected chi connectivity index (χ2v) is 5.20. The number of nitrogen functional groups attached to an aromatic ring is 1. The van der Waals surface area contributed by atoms with Crippen LogP contribution in [-0.2, 0) is 22.4 Å². The molecule has 1 saturated heterocycles. The fraction of sp³-hybridized carbons (Fsp3) is 0.714. The van der Waals surface area contributed by atoms with Crippen molar-refractivity contribution in [2.45, 2.75) is 32.9 Å². The number of anilines is 1. The lowest BCUT2D eigenvalue weighted by Gasteiger charge is -2.30. The molecule has 1 aliphatic rings. The molecule has 7 heteroatoms. The number of likely N-dealkylation sites (N-methyl/N-ethyl adjacent to an activating group) is 1. The largest absolute Gasteiger partial charge is 0.461 e. The van der Waals surface area contributed by atoms with Crippen molar-refractivity contribution < 1.29 is 14.3 Å². The average molecular weight is 296 g/mol. The first-order chi connectivity index (χ1) is 10.1. The summed E-state index contributed by atoms with van der Waals surface area (Å²) >= 11 is 0. The van der Waals surface area contributed by atoms with Gasteiger partial charge < -0.3 is 24.7 Å². The Hall–Kier alpha value is -1.60. The number of nitrogens with two attached hydrogens (primary N) is 1. The van der Waals surface area contributed by atoms with Gasteiger partial charge in [-0.2, -0.15) is 0 Å². The molecule has 0 bridgehead atoms. The number of carbonyl (C=O) groups excluding carboxylic acids is 1. The molecule has 21 heavy (non-hydrogen) atoms. The molecule has 1 aromatic rings. The molecule has 1 atom stereocenters. The summed E-state index contributed by atoms with van der Waals surface area (Å²) in [7, 11) is 2.07. The number of hydrogen-bond acceptors (Lipinski definition) is 6. The first-order valence-corrected chi connectivity index (χ1v) is 7.38. The number of aryl methyl sites for hydroxylation is 1. The van der Waals surface area contributed by atoms with E-state index in [0.717, 1.165) is 18.9 Å². The number of aromatic nitrogens is 2. The van der Waals surface area contributed by atoms with Crippen LogP contribution in [0.25, 0.3) is 0 Å². The summed E-state index contributed by atoms with van der Waals surface area (Å²) < 4.78 is 12.6. The highest BCUT2D eigenvalue weighted by molar-refractivity contribution is 5.92. The summed E-state index contributed by atoms with van der Waals surface area (Å²) in [5, 5.41) is 0. The lowest BCUT2D eigenvalue weighted by atomic mass is 10.2. The van der Waals surface area contributed by atoms with Crippen molar-refractivity contribution >= 4 is 11.8 Å². The molecule has 0 aliphatic carbocycles. The SMILES string of the molecule is CCOC(=O)c1nc(CC)n(CC2CN(C)CCO2)c1N. The highest BCUT2D eigenvalue weighted by atomic mass is 16.5. The fourth-order valence-electron chi connectivity index (χ4n) is 2.52. The monoisotopic (exact) mass is 296 g/mol. The predicted molar refractivity (Wildman–Crippen MR) is 79.2 cm³/mol. The molecule has 1 aromatic heterocycles. The van der Waals surface area contributed by atoms with Crippen LogP contribution >= 0.6 is 0 Å². The zero-order valence-corrected chi connectivity index (χ0v) is 13.0. The van der Waals surface area contributed by atoms with E-state index >= 15 is 0 Å². The van der Waals surface area contributed by atoms with Gasteiger partial charge in [0, 0.05) is 19.5 Å². The first-order valence-electron chi connectivity index (χ1n) is 7.38. The van der Waals surface area contributed by atoms with Gasteiger partial charge in [-0.25, -0.2) is 9.78 Å². The minimum Gasteiger partial charge on any atom is -0.461 e. The van der Waals surface area contributed by atoms with Crippen LogP contribution in [0.1, 0.15) is 30.2 Å². The third kappa shape index (κ3) is 3.54. The van der Waals surface area contributed by atoms with Crippen LogP contribution in [-0.4, -0.2) is 59.9 Å². The van der Waals surface area contributed by atoms with E-state index in [1.807, 2.05) is 11.5 Å². The van der Waals surface area contributed by atoms with Gasteiger partial charge in [-0.05, 0) is 14.0 Å². The van der Waals surface area contributed by atoms with E-state index in [4.69, 9.17) is 15.2 Å². The molecule has 0 amide bonds. The molecule has 118 valence electrons. The Kier molecular flexibility index (Phi) is 5.19. The zero-order chi connectivity index (χ0) is 15.4. The molecular formula is C14H24N4O3. The Balaban J connectivity index is 2.19. The van der Waals surface area contributed by atoms with Crippen LogP contribution in [0.15, 0.2) is 0 Å². The highest BCUT2D eigenvalue weighted by Gasteiger charge is 2.24. The molecule has 0 radical (unpaired) electrons. The molecule has 1 fully saturated rings. The number of carbonyl (C=O) groups is 1. The summed E-state index contributed by atoms with van der Waals surface area (Å²) in [5.41, 5.74) is 6.30. The molecule has 0 aromatic carbocycles. The number of ether oxygens (including phenoxy) is 2. The number of rotatable bonds is 5. The molecule has 7 nitrogen and oxygen atoms in total. The number of hydrogen-bond donors (Lipinski definition) is 1. The maximum Gasteiger partial charge on any atom is 0.360 e. The van der Waals surface area contributed by atoms with E-state index in [1.54, 1.807) is 6.92 Å². The van der Waals surface area contributed by atoms with Crippen LogP contribution in [0.3, 0.4) is 0 Å². The van der Waals surface area contributed by atoms with Crippen molar-refractivity contribution in [2.75, 3.05) is 39.1 Å². The standard InChI is InChI=1S/C14H24N4O3/c1-4-11-16-12(14(19)20-5-2)13(15)18(11)9-10-8-17(3)6-7-21-10/h10H,4-9,15H2,1-3H3. The third-order valence-corrected chi connectivity index (χ3v) is 3.60. The number of esters is 1. The first kappa shape index (κ1) is 15.8. The number of nitrogens with zero attached hydrogens (tertiary/aromatic N) is 3. The van der Waals surface area contributed by atoms with Gasteiger partial charge in [0.2, 0.25) is 0 Å². The smallest absolute Gasteiger partial charge is 0.360 e. The zero-order valence-electron chi connectivity index (χ0n) is 13.0. The quantitative estimate of drug-likeness (QED) is 0.798. The fourth-order valence-corrected chi connectivity index (χ4v) is 2.52. The van der Waals surface area contributed by atoms with Gasteiger partial charge in [0.1, 0.15) is 11.6 Å². The van der Waals surface area contributed by atoms with Crippen molar-refractivity contribution in [3.05, 3.63) is 11.5 Å². The van der Waals surface area contributed by atoms with Gasteiger partial charge in [0.05, 0.1) is 25.9 Å². The van der Waals surface area contributed by atoms with Gasteiger partial charge >= 0.3 is 5.97 Å². The second-order valence-electron chi connectivity index (χ2n) is 5.20. The predicted octanol–water partition coefficient (Wildman–Crippen LogP) is 0.535. The van der Waals surface area contributed by atoms with Gasteiger partial charge in [-0.1, -0.05) is 6.92 Å². The van der Waals surface area contributed by atoms with Crippen LogP contribution in [0.4, 0.5) is 5.82 Å². The summed E-state index contributed by atoms with van der Waals surface area (Å²) in [6, 6.07) is 0. The Morgan fingerprint density at radius 3 is 2.90 bits per heavy atom. The number of morpholine rings is 1. The second kappa shape index (κ2) is 6.91. The van der Waals surface area contributed by atoms with Gasteiger partial charge in [0.15, 0.2) is 5.69 Å². The molecule has 1 unspecified atom stereocenters. The van der Waals surface area contributed by atoms with Crippen molar-refractivity contribution in [1.29, 1.82) is 0 Å². The molecule has 0 spiro atoms. The van der Waals surface area contributed by atoms with Crippen molar-refractivity contribution in [2.24, 2.45) is 0 Å². The topological polar surface area (TPSA) is 82.6 Å². The normalized spacial score (nSPS) is 19.7. The molecule has 2 rings (SSSR count). The van der Waals surface area contributed by atoms with E-state index in [1.165, 1.54) is 0 Å². The minimum atomic E-state index is -0.467. The van der Waals surface area contributed by atoms with E-state index in [-0.39, 0.29) is 11.8 Å². The van der Waals surface area contributed by atoms with Crippen LogP contribution in [0, 0.1) is 0 Å². The van der Waals surface area contributed by atoms with Crippen molar-refractivity contribution in [3.8, 4) is 0 Å². The molecule has 2 N–H and O–H groups in total. The van der Waals surface area contributed by atoms with Crippen LogP contribution in [0.2, 0.25) is 0 Å². The van der Waals surface area contributed by atoms with E-state index in [2.05, 4.69) is 16.9 Å². The maximum atomic E-state index is 11.9. The average Bonchev–Trinajstić information content (AvgIpc) is 2.76. The molecule has 0 saturated carbocycles. The summed E-state index contributed by atoms with van der Waals surface area (Å²) in [6.07, 6.45) is 0.757. The van der Waals surface area contributed by atoms with Crippen molar-refractivity contribution in [3.63, 3.8) is 0 Å². The Labute approximate surface area is 125 Å². The van der Waals surface area contributed by atoms with Crippen LogP contribution in [0.5, 0.6) is 0 Å². The van der Waals surface area contributed by atoms with E-state index < -0.39 is 5.97 Å². The van der Waals surface area contributed by atoms with E-state index in [0.29, 0.717) is 32.0 Å². The lowest BCUT2D eigenvalue weighted by Crippen LogP contribution is -2.42. The maximum absolute atomic E-state index is 11.9. The van der Waals surface area contributed by atoms with E-state index in [9.17, 15) is 4.79 Å². The lowest BCUT2D eigenvalue weighted by molar-refractivity contribution is -0.0275. The molecule has 2 heterocycles. The molecular weight excluding hydrogens is 272 g/mol. The summed E-state index contributed by atoms with van der Waals surface area (Å²) in [5.74, 6) is 0.680. The van der Waals surface area contributed by atoms with Gasteiger partial charge in [-0.15, -0.1) is 0 Å². The van der Waals surface area contributed by atoms with Crippen LogP contribution < -0.4 is 5.73 Å². The Morgan fingerprint density at radius 2 is 2.29 bits per heavy atom. The van der Waals surface area contributed by atoms with Crippen molar-refractivity contribution in [1.82, 2.24) is 14.5 Å². The van der Waals surface area contributed by atoms with Gasteiger partial charge in [-0.3, -0.25) is 0 Å². The summed E-state index contributed by atoms with van der Waals surface area (Å²) in [6.45, 7) is 7.15. The minimum absolute atomic E-state index is 0.0561. The Bertz CT molecular complexity index is 501. The highest BCUT2D eigenvalue weighted by Crippen LogP contribution is 2.18. The summed E-state index contributed by atoms with van der Waals surface area (Å²) in [4.78, 5) is 18.4. The Morgan fingerprint density at radius 1 is 1.52 bits per heavy atom. The molecule has 1 aliphatic heterocycles. The third-order valence-electron chi connectivity index (χ3n) is 3.60.